The minimum absolute atomic E-state index is 0.00693. The van der Waals surface area contributed by atoms with Gasteiger partial charge >= 0.3 is 0 Å². The van der Waals surface area contributed by atoms with E-state index in [1.165, 1.54) is 6.42 Å². The van der Waals surface area contributed by atoms with E-state index in [-0.39, 0.29) is 11.9 Å². The number of hydrogen-bond donors (Lipinski definition) is 2. The van der Waals surface area contributed by atoms with Crippen LogP contribution in [-0.2, 0) is 11.2 Å². The SMILES string of the molecule is O=C(NCCc1ccccn1)[C@H]1CCCCN1. The van der Waals surface area contributed by atoms with Crippen molar-refractivity contribution in [1.29, 1.82) is 0 Å². The maximum absolute atomic E-state index is 11.8. The molecule has 1 amide bonds. The third-order valence-corrected chi connectivity index (χ3v) is 3.03. The van der Waals surface area contributed by atoms with Gasteiger partial charge in [-0.15, -0.1) is 0 Å². The van der Waals surface area contributed by atoms with Crippen molar-refractivity contribution in [2.45, 2.75) is 31.7 Å². The molecule has 1 aliphatic rings. The van der Waals surface area contributed by atoms with E-state index in [1.54, 1.807) is 6.20 Å². The first-order chi connectivity index (χ1) is 8.36. The van der Waals surface area contributed by atoms with Crippen molar-refractivity contribution in [2.75, 3.05) is 13.1 Å². The van der Waals surface area contributed by atoms with Crippen LogP contribution < -0.4 is 10.6 Å². The Morgan fingerprint density at radius 1 is 1.47 bits per heavy atom. The van der Waals surface area contributed by atoms with Crippen LogP contribution in [0.1, 0.15) is 25.0 Å². The second-order valence-corrected chi connectivity index (χ2v) is 4.36. The van der Waals surface area contributed by atoms with E-state index < -0.39 is 0 Å². The van der Waals surface area contributed by atoms with Crippen LogP contribution in [0.4, 0.5) is 0 Å². The molecule has 1 fully saturated rings. The Kier molecular flexibility index (Phi) is 4.50. The maximum atomic E-state index is 11.8. The zero-order chi connectivity index (χ0) is 11.9. The molecule has 0 aromatic carbocycles. The summed E-state index contributed by atoms with van der Waals surface area (Å²) >= 11 is 0. The fourth-order valence-electron chi connectivity index (χ4n) is 2.06. The molecule has 0 unspecified atom stereocenters. The van der Waals surface area contributed by atoms with E-state index in [1.807, 2.05) is 18.2 Å². The Balaban J connectivity index is 1.69. The Labute approximate surface area is 102 Å². The number of aromatic nitrogens is 1. The topological polar surface area (TPSA) is 54.0 Å². The molecule has 1 aromatic heterocycles. The van der Waals surface area contributed by atoms with E-state index in [9.17, 15) is 4.79 Å². The number of nitrogens with zero attached hydrogens (tertiary/aromatic N) is 1. The molecule has 2 rings (SSSR count). The quantitative estimate of drug-likeness (QED) is 0.812. The Bertz CT molecular complexity index is 347. The van der Waals surface area contributed by atoms with E-state index in [0.29, 0.717) is 6.54 Å². The highest BCUT2D eigenvalue weighted by molar-refractivity contribution is 5.81. The van der Waals surface area contributed by atoms with Crippen LogP contribution in [0.15, 0.2) is 24.4 Å². The Morgan fingerprint density at radius 3 is 3.12 bits per heavy atom. The summed E-state index contributed by atoms with van der Waals surface area (Å²) in [5.41, 5.74) is 1.02. The van der Waals surface area contributed by atoms with Gasteiger partial charge in [0.05, 0.1) is 6.04 Å². The molecule has 1 aromatic rings. The molecule has 4 heteroatoms. The monoisotopic (exact) mass is 233 g/mol. The van der Waals surface area contributed by atoms with Crippen LogP contribution in [-0.4, -0.2) is 30.0 Å². The van der Waals surface area contributed by atoms with E-state index in [4.69, 9.17) is 0 Å². The number of amides is 1. The fraction of sp³-hybridized carbons (Fsp3) is 0.538. The minimum Gasteiger partial charge on any atom is -0.354 e. The number of carbonyl (C=O) groups is 1. The molecule has 0 radical (unpaired) electrons. The zero-order valence-electron chi connectivity index (χ0n) is 9.98. The van der Waals surface area contributed by atoms with Crippen molar-refractivity contribution < 1.29 is 4.79 Å². The van der Waals surface area contributed by atoms with Gasteiger partial charge in [-0.25, -0.2) is 0 Å². The molecular weight excluding hydrogens is 214 g/mol. The predicted octanol–water partition coefficient (Wildman–Crippen LogP) is 0.882. The summed E-state index contributed by atoms with van der Waals surface area (Å²) in [5.74, 6) is 0.126. The summed E-state index contributed by atoms with van der Waals surface area (Å²) in [6.45, 7) is 1.62. The van der Waals surface area contributed by atoms with Crippen molar-refractivity contribution >= 4 is 5.91 Å². The normalized spacial score (nSPS) is 19.9. The van der Waals surface area contributed by atoms with Gasteiger partial charge in [-0.2, -0.15) is 0 Å². The molecule has 4 nitrogen and oxygen atoms in total. The van der Waals surface area contributed by atoms with Crippen molar-refractivity contribution in [3.05, 3.63) is 30.1 Å². The highest BCUT2D eigenvalue weighted by Crippen LogP contribution is 2.06. The lowest BCUT2D eigenvalue weighted by atomic mass is 10.0. The predicted molar refractivity (Wildman–Crippen MR) is 66.6 cm³/mol. The summed E-state index contributed by atoms with van der Waals surface area (Å²) in [7, 11) is 0. The Hall–Kier alpha value is -1.42. The summed E-state index contributed by atoms with van der Waals surface area (Å²) in [5, 5.41) is 6.20. The third kappa shape index (κ3) is 3.82. The maximum Gasteiger partial charge on any atom is 0.237 e. The van der Waals surface area contributed by atoms with E-state index >= 15 is 0 Å². The van der Waals surface area contributed by atoms with Crippen LogP contribution in [0.2, 0.25) is 0 Å². The Morgan fingerprint density at radius 2 is 2.41 bits per heavy atom. The van der Waals surface area contributed by atoms with Gasteiger partial charge in [-0.05, 0) is 31.5 Å². The third-order valence-electron chi connectivity index (χ3n) is 3.03. The van der Waals surface area contributed by atoms with Crippen LogP contribution in [0.25, 0.3) is 0 Å². The van der Waals surface area contributed by atoms with Gasteiger partial charge in [0.15, 0.2) is 0 Å². The summed E-state index contributed by atoms with van der Waals surface area (Å²) in [6, 6.07) is 5.85. The molecule has 2 heterocycles. The van der Waals surface area contributed by atoms with Crippen molar-refractivity contribution in [1.82, 2.24) is 15.6 Å². The molecule has 92 valence electrons. The second kappa shape index (κ2) is 6.35. The van der Waals surface area contributed by atoms with E-state index in [0.717, 1.165) is 31.5 Å². The lowest BCUT2D eigenvalue weighted by Crippen LogP contribution is -2.47. The standard InChI is InChI=1S/C13H19N3O/c17-13(12-6-2-4-9-15-12)16-10-7-11-5-1-3-8-14-11/h1,3,5,8,12,15H,2,4,6-7,9-10H2,(H,16,17)/t12-/m1/s1. The average Bonchev–Trinajstić information content (AvgIpc) is 2.41. The smallest absolute Gasteiger partial charge is 0.237 e. The minimum atomic E-state index is 0.00693. The molecule has 0 bridgehead atoms. The first-order valence-corrected chi connectivity index (χ1v) is 6.27. The van der Waals surface area contributed by atoms with Gasteiger partial charge < -0.3 is 10.6 Å². The summed E-state index contributed by atoms with van der Waals surface area (Å²) in [6.07, 6.45) is 5.84. The summed E-state index contributed by atoms with van der Waals surface area (Å²) < 4.78 is 0. The number of piperidine rings is 1. The van der Waals surface area contributed by atoms with Gasteiger partial charge in [0.25, 0.3) is 0 Å². The zero-order valence-corrected chi connectivity index (χ0v) is 9.98. The first-order valence-electron chi connectivity index (χ1n) is 6.27. The molecular formula is C13H19N3O. The highest BCUT2D eigenvalue weighted by Gasteiger charge is 2.19. The second-order valence-electron chi connectivity index (χ2n) is 4.36. The van der Waals surface area contributed by atoms with Crippen molar-refractivity contribution in [3.8, 4) is 0 Å². The first kappa shape index (κ1) is 12.0. The number of hydrogen-bond acceptors (Lipinski definition) is 3. The lowest BCUT2D eigenvalue weighted by Gasteiger charge is -2.22. The molecule has 1 saturated heterocycles. The lowest BCUT2D eigenvalue weighted by molar-refractivity contribution is -0.123. The van der Waals surface area contributed by atoms with Gasteiger partial charge in [-0.3, -0.25) is 9.78 Å². The summed E-state index contributed by atoms with van der Waals surface area (Å²) in [4.78, 5) is 16.0. The number of carbonyl (C=O) groups excluding carboxylic acids is 1. The van der Waals surface area contributed by atoms with Crippen molar-refractivity contribution in [3.63, 3.8) is 0 Å². The molecule has 2 N–H and O–H groups in total. The molecule has 17 heavy (non-hydrogen) atoms. The van der Waals surface area contributed by atoms with Gasteiger partial charge in [-0.1, -0.05) is 12.5 Å². The van der Waals surface area contributed by atoms with Crippen LogP contribution >= 0.6 is 0 Å². The van der Waals surface area contributed by atoms with Gasteiger partial charge in [0.2, 0.25) is 5.91 Å². The van der Waals surface area contributed by atoms with E-state index in [2.05, 4.69) is 15.6 Å². The van der Waals surface area contributed by atoms with Gasteiger partial charge in [0.1, 0.15) is 0 Å². The number of rotatable bonds is 4. The molecule has 0 aliphatic carbocycles. The molecule has 0 spiro atoms. The number of nitrogens with one attached hydrogen (secondary N) is 2. The number of pyridine rings is 1. The van der Waals surface area contributed by atoms with Gasteiger partial charge in [0, 0.05) is 24.9 Å². The highest BCUT2D eigenvalue weighted by atomic mass is 16.2. The largest absolute Gasteiger partial charge is 0.354 e. The van der Waals surface area contributed by atoms with Crippen LogP contribution in [0.5, 0.6) is 0 Å². The average molecular weight is 233 g/mol. The molecule has 1 aliphatic heterocycles. The van der Waals surface area contributed by atoms with Crippen LogP contribution in [0.3, 0.4) is 0 Å². The van der Waals surface area contributed by atoms with Crippen molar-refractivity contribution in [2.24, 2.45) is 0 Å². The molecule has 1 atom stereocenters. The molecule has 0 saturated carbocycles. The fourth-order valence-corrected chi connectivity index (χ4v) is 2.06. The van der Waals surface area contributed by atoms with Crippen LogP contribution in [0, 0.1) is 0 Å².